The zero-order valence-corrected chi connectivity index (χ0v) is 21.4. The number of benzene rings is 2. The molecule has 0 aliphatic rings. The maximum absolute atomic E-state index is 14.2. The molecule has 9 heteroatoms. The van der Waals surface area contributed by atoms with E-state index in [0.29, 0.717) is 33.4 Å². The van der Waals surface area contributed by atoms with Crippen molar-refractivity contribution in [3.8, 4) is 17.5 Å². The number of hydrogen-bond donors (Lipinski definition) is 2. The molecule has 4 heterocycles. The summed E-state index contributed by atoms with van der Waals surface area (Å²) in [6.07, 6.45) is 4.90. The van der Waals surface area contributed by atoms with Crippen molar-refractivity contribution in [3.63, 3.8) is 0 Å². The fourth-order valence-corrected chi connectivity index (χ4v) is 4.68. The van der Waals surface area contributed by atoms with Gasteiger partial charge in [0, 0.05) is 41.1 Å². The lowest BCUT2D eigenvalue weighted by atomic mass is 10.0. The Bertz CT molecular complexity index is 2000. The predicted octanol–water partition coefficient (Wildman–Crippen LogP) is 3.90. The van der Waals surface area contributed by atoms with E-state index < -0.39 is 11.9 Å². The second kappa shape index (κ2) is 10.2. The number of para-hydroxylation sites is 1. The Morgan fingerprint density at radius 1 is 0.950 bits per heavy atom. The number of carbonyl (C=O) groups excluding carboxylic acids is 1. The van der Waals surface area contributed by atoms with Crippen LogP contribution in [-0.4, -0.2) is 30.1 Å². The van der Waals surface area contributed by atoms with Gasteiger partial charge in [-0.2, -0.15) is 5.10 Å². The number of fused-ring (bicyclic) bond motifs is 2. The first kappa shape index (κ1) is 24.6. The Balaban J connectivity index is 1.48. The van der Waals surface area contributed by atoms with Crippen LogP contribution in [-0.2, 0) is 0 Å². The van der Waals surface area contributed by atoms with Crippen molar-refractivity contribution < 1.29 is 4.79 Å². The van der Waals surface area contributed by atoms with Crippen LogP contribution in [0.5, 0.6) is 0 Å². The molecule has 0 radical (unpaired) electrons. The maximum Gasteiger partial charge on any atom is 0.274 e. The number of carbonyl (C=O) groups is 1. The van der Waals surface area contributed by atoms with E-state index in [1.165, 1.54) is 4.52 Å². The summed E-state index contributed by atoms with van der Waals surface area (Å²) < 4.78 is 3.01. The van der Waals surface area contributed by atoms with Gasteiger partial charge in [0.05, 0.1) is 11.4 Å². The number of hydrogen-bond acceptors (Lipinski definition) is 6. The number of anilines is 1. The van der Waals surface area contributed by atoms with Crippen molar-refractivity contribution >= 4 is 28.1 Å². The van der Waals surface area contributed by atoms with Crippen LogP contribution in [0, 0.1) is 11.8 Å². The fraction of sp³-hybridized carbons (Fsp3) is 0.0645. The molecule has 3 N–H and O–H groups in total. The van der Waals surface area contributed by atoms with Crippen molar-refractivity contribution in [1.29, 1.82) is 0 Å². The molecule has 40 heavy (non-hydrogen) atoms. The highest BCUT2D eigenvalue weighted by Crippen LogP contribution is 2.24. The largest absolute Gasteiger partial charge is 0.382 e. The number of nitrogens with zero attached hydrogens (tertiary/aromatic N) is 5. The minimum Gasteiger partial charge on any atom is -0.382 e. The molecule has 0 bridgehead atoms. The van der Waals surface area contributed by atoms with Gasteiger partial charge in [0.2, 0.25) is 0 Å². The van der Waals surface area contributed by atoms with Gasteiger partial charge < -0.3 is 11.1 Å². The molecule has 6 aromatic rings. The molecule has 4 aromatic heterocycles. The third kappa shape index (κ3) is 4.44. The smallest absolute Gasteiger partial charge is 0.274 e. The molecular weight excluding hydrogens is 502 g/mol. The summed E-state index contributed by atoms with van der Waals surface area (Å²) in [5.74, 6) is 5.88. The zero-order chi connectivity index (χ0) is 27.6. The highest BCUT2D eigenvalue weighted by molar-refractivity contribution is 5.98. The van der Waals surface area contributed by atoms with Crippen LogP contribution in [0.25, 0.3) is 22.1 Å². The van der Waals surface area contributed by atoms with Gasteiger partial charge in [-0.25, -0.2) is 9.50 Å². The van der Waals surface area contributed by atoms with Crippen LogP contribution in [0.3, 0.4) is 0 Å². The molecule has 194 valence electrons. The Hall–Kier alpha value is -5.75. The quantitative estimate of drug-likeness (QED) is 0.337. The molecule has 0 fully saturated rings. The highest BCUT2D eigenvalue weighted by atomic mass is 16.2. The van der Waals surface area contributed by atoms with Crippen LogP contribution in [0.4, 0.5) is 5.82 Å². The van der Waals surface area contributed by atoms with E-state index in [2.05, 4.69) is 32.2 Å². The third-order valence-corrected chi connectivity index (χ3v) is 6.54. The molecule has 0 aliphatic carbocycles. The average Bonchev–Trinajstić information content (AvgIpc) is 3.32. The summed E-state index contributed by atoms with van der Waals surface area (Å²) in [6, 6.07) is 23.3. The number of amides is 1. The molecule has 0 saturated heterocycles. The molecule has 0 saturated carbocycles. The first-order chi connectivity index (χ1) is 19.5. The SMILES string of the molecule is CC(NC(=O)c1c(N)nc2cccnn12)c1cc2cccc(C#Cc3ccncc3)c2c(=O)n1-c1ccccc1. The minimum atomic E-state index is -0.579. The maximum atomic E-state index is 14.2. The third-order valence-electron chi connectivity index (χ3n) is 6.54. The monoisotopic (exact) mass is 525 g/mol. The topological polar surface area (TPSA) is 120 Å². The van der Waals surface area contributed by atoms with Gasteiger partial charge in [0.1, 0.15) is 0 Å². The van der Waals surface area contributed by atoms with E-state index in [-0.39, 0.29) is 17.1 Å². The normalized spacial score (nSPS) is 11.6. The van der Waals surface area contributed by atoms with Gasteiger partial charge in [-0.3, -0.25) is 19.1 Å². The number of imidazole rings is 1. The Morgan fingerprint density at radius 2 is 1.75 bits per heavy atom. The number of aromatic nitrogens is 5. The molecule has 2 aromatic carbocycles. The average molecular weight is 526 g/mol. The van der Waals surface area contributed by atoms with E-state index >= 15 is 0 Å². The summed E-state index contributed by atoms with van der Waals surface area (Å²) in [7, 11) is 0. The number of nitrogen functional groups attached to an aromatic ring is 1. The summed E-state index contributed by atoms with van der Waals surface area (Å²) >= 11 is 0. The number of rotatable bonds is 4. The second-order valence-corrected chi connectivity index (χ2v) is 9.14. The molecule has 9 nitrogen and oxygen atoms in total. The van der Waals surface area contributed by atoms with E-state index in [1.54, 1.807) is 35.3 Å². The lowest BCUT2D eigenvalue weighted by molar-refractivity contribution is 0.0932. The molecule has 1 amide bonds. The van der Waals surface area contributed by atoms with Gasteiger partial charge in [0.15, 0.2) is 17.2 Å². The first-order valence-electron chi connectivity index (χ1n) is 12.6. The van der Waals surface area contributed by atoms with Crippen molar-refractivity contribution in [1.82, 2.24) is 29.5 Å². The van der Waals surface area contributed by atoms with Crippen LogP contribution in [0.1, 0.15) is 40.3 Å². The Morgan fingerprint density at radius 3 is 2.55 bits per heavy atom. The van der Waals surface area contributed by atoms with Crippen LogP contribution in [0.15, 0.2) is 102 Å². The summed E-state index contributed by atoms with van der Waals surface area (Å²) in [5.41, 5.74) is 9.09. The number of nitrogens with one attached hydrogen (secondary N) is 1. The minimum absolute atomic E-state index is 0.0692. The Kier molecular flexibility index (Phi) is 6.26. The van der Waals surface area contributed by atoms with Gasteiger partial charge >= 0.3 is 0 Å². The van der Waals surface area contributed by atoms with Gasteiger partial charge in [-0.1, -0.05) is 42.2 Å². The van der Waals surface area contributed by atoms with Gasteiger partial charge in [-0.15, -0.1) is 0 Å². The zero-order valence-electron chi connectivity index (χ0n) is 21.4. The van der Waals surface area contributed by atoms with Gasteiger partial charge in [-0.05, 0) is 60.8 Å². The van der Waals surface area contributed by atoms with E-state index in [4.69, 9.17) is 5.73 Å². The molecule has 1 atom stereocenters. The van der Waals surface area contributed by atoms with Crippen molar-refractivity contribution in [2.24, 2.45) is 0 Å². The van der Waals surface area contributed by atoms with Crippen molar-refractivity contribution in [2.45, 2.75) is 13.0 Å². The van der Waals surface area contributed by atoms with Crippen LogP contribution >= 0.6 is 0 Å². The molecule has 6 rings (SSSR count). The Labute approximate surface area is 228 Å². The fourth-order valence-electron chi connectivity index (χ4n) is 4.68. The number of nitrogens with two attached hydrogens (primary N) is 1. The van der Waals surface area contributed by atoms with E-state index in [9.17, 15) is 9.59 Å². The van der Waals surface area contributed by atoms with Gasteiger partial charge in [0.25, 0.3) is 11.5 Å². The lowest BCUT2D eigenvalue weighted by Crippen LogP contribution is -2.33. The van der Waals surface area contributed by atoms with Crippen LogP contribution in [0.2, 0.25) is 0 Å². The summed E-state index contributed by atoms with van der Waals surface area (Å²) in [5, 5.41) is 8.40. The number of pyridine rings is 2. The predicted molar refractivity (Wildman–Crippen MR) is 153 cm³/mol. The molecule has 0 spiro atoms. The molecular formula is C31H23N7O2. The van der Waals surface area contributed by atoms with E-state index in [0.717, 1.165) is 5.56 Å². The van der Waals surface area contributed by atoms with E-state index in [1.807, 2.05) is 73.7 Å². The lowest BCUT2D eigenvalue weighted by Gasteiger charge is -2.21. The van der Waals surface area contributed by atoms with Crippen LogP contribution < -0.4 is 16.6 Å². The van der Waals surface area contributed by atoms with Crippen molar-refractivity contribution in [3.05, 3.63) is 130 Å². The summed E-state index contributed by atoms with van der Waals surface area (Å²) in [6.45, 7) is 1.82. The first-order valence-corrected chi connectivity index (χ1v) is 12.6. The molecule has 0 aliphatic heterocycles. The second-order valence-electron chi connectivity index (χ2n) is 9.14. The summed E-state index contributed by atoms with van der Waals surface area (Å²) in [4.78, 5) is 35.8. The highest BCUT2D eigenvalue weighted by Gasteiger charge is 2.23. The van der Waals surface area contributed by atoms with Crippen molar-refractivity contribution in [2.75, 3.05) is 5.73 Å². The standard InChI is InChI=1S/C31H23N7O2/c1-20(35-30(39)28-29(32)36-26-11-6-16-34-38(26)28)25-19-23-8-5-7-22(13-12-21-14-17-33-18-15-21)27(23)31(40)37(25)24-9-3-2-4-10-24/h2-11,14-20H,32H2,1H3,(H,35,39). The molecule has 1 unspecified atom stereocenters.